The topological polar surface area (TPSA) is 110 Å². The molecule has 2 aromatic rings. The molecule has 0 bridgehead atoms. The fraction of sp³-hybridized carbons (Fsp3) is 0.364. The van der Waals surface area contributed by atoms with E-state index in [1.54, 1.807) is 10.9 Å². The van der Waals surface area contributed by atoms with Gasteiger partial charge in [0.15, 0.2) is 17.0 Å². The number of nitrogens with two attached hydrogens (primary N) is 1. The Morgan fingerprint density at radius 2 is 2.33 bits per heavy atom. The van der Waals surface area contributed by atoms with Crippen LogP contribution in [0.15, 0.2) is 18.2 Å². The molecule has 2 atom stereocenters. The number of anilines is 1. The molecule has 3 rings (SSSR count). The molecule has 2 aromatic heterocycles. The number of aliphatic hydroxyl groups is 2. The minimum atomic E-state index is -0.689. The highest BCUT2D eigenvalue weighted by molar-refractivity contribution is 5.82. The predicted octanol–water partition coefficient (Wildman–Crippen LogP) is -0.378. The lowest BCUT2D eigenvalue weighted by molar-refractivity contribution is 0.0815. The molecule has 0 radical (unpaired) electrons. The maximum Gasteiger partial charge on any atom is 0.169 e. The van der Waals surface area contributed by atoms with E-state index in [9.17, 15) is 5.11 Å². The standard InChI is InChI=1S/C11H13N5O2/c12-10-9-11(14-4-13-10)16(5-15-9)2-6-1-7(6)8(18)3-17/h2,4-5,7-8,17-18H,1,3H2,(H2,12,13,14)/b6-2-/t7-,8-/m1/s1. The normalized spacial score (nSPS) is 22.6. The van der Waals surface area contributed by atoms with Gasteiger partial charge in [0, 0.05) is 12.1 Å². The van der Waals surface area contributed by atoms with Crippen LogP contribution in [-0.4, -0.2) is 42.4 Å². The van der Waals surface area contributed by atoms with Gasteiger partial charge in [-0.25, -0.2) is 15.0 Å². The molecule has 1 fully saturated rings. The van der Waals surface area contributed by atoms with Crippen LogP contribution in [0.5, 0.6) is 0 Å². The van der Waals surface area contributed by atoms with Crippen LogP contribution in [0.1, 0.15) is 6.42 Å². The zero-order valence-electron chi connectivity index (χ0n) is 9.56. The Balaban J connectivity index is 1.93. The van der Waals surface area contributed by atoms with Gasteiger partial charge >= 0.3 is 0 Å². The highest BCUT2D eigenvalue weighted by Crippen LogP contribution is 2.41. The van der Waals surface area contributed by atoms with Gasteiger partial charge in [0.25, 0.3) is 0 Å². The Morgan fingerprint density at radius 1 is 1.50 bits per heavy atom. The van der Waals surface area contributed by atoms with Gasteiger partial charge in [-0.3, -0.25) is 4.57 Å². The van der Waals surface area contributed by atoms with Crippen molar-refractivity contribution < 1.29 is 10.2 Å². The highest BCUT2D eigenvalue weighted by atomic mass is 16.3. The molecule has 0 aliphatic heterocycles. The number of hydrogen-bond acceptors (Lipinski definition) is 6. The average Bonchev–Trinajstić information content (AvgIpc) is 3.02. The molecule has 7 heteroatoms. The monoisotopic (exact) mass is 247 g/mol. The van der Waals surface area contributed by atoms with Gasteiger partial charge in [-0.1, -0.05) is 0 Å². The summed E-state index contributed by atoms with van der Waals surface area (Å²) in [7, 11) is 0. The van der Waals surface area contributed by atoms with Gasteiger partial charge in [-0.05, 0) is 12.0 Å². The fourth-order valence-electron chi connectivity index (χ4n) is 2.00. The lowest BCUT2D eigenvalue weighted by Crippen LogP contribution is -2.14. The first-order valence-corrected chi connectivity index (χ1v) is 5.63. The quantitative estimate of drug-likeness (QED) is 0.682. The number of nitrogens with zero attached hydrogens (tertiary/aromatic N) is 4. The second kappa shape index (κ2) is 4.04. The molecule has 0 aromatic carbocycles. The SMILES string of the molecule is Nc1ncnc2c1ncn2/C=C1/C[C@H]1[C@H](O)CO. The average molecular weight is 247 g/mol. The van der Waals surface area contributed by atoms with Crippen LogP contribution >= 0.6 is 0 Å². The zero-order valence-corrected chi connectivity index (χ0v) is 9.56. The third-order valence-electron chi connectivity index (χ3n) is 3.12. The summed E-state index contributed by atoms with van der Waals surface area (Å²) in [5.74, 6) is 0.381. The number of fused-ring (bicyclic) bond motifs is 1. The fourth-order valence-corrected chi connectivity index (χ4v) is 2.00. The Kier molecular flexibility index (Phi) is 2.49. The van der Waals surface area contributed by atoms with Gasteiger partial charge < -0.3 is 15.9 Å². The van der Waals surface area contributed by atoms with Crippen molar-refractivity contribution in [2.45, 2.75) is 12.5 Å². The van der Waals surface area contributed by atoms with E-state index in [-0.39, 0.29) is 12.5 Å². The van der Waals surface area contributed by atoms with E-state index in [4.69, 9.17) is 10.8 Å². The van der Waals surface area contributed by atoms with Crippen molar-refractivity contribution in [2.75, 3.05) is 12.3 Å². The largest absolute Gasteiger partial charge is 0.394 e. The van der Waals surface area contributed by atoms with Crippen molar-refractivity contribution in [1.29, 1.82) is 0 Å². The van der Waals surface area contributed by atoms with E-state index < -0.39 is 6.10 Å². The first-order valence-electron chi connectivity index (χ1n) is 5.63. The molecular weight excluding hydrogens is 234 g/mol. The summed E-state index contributed by atoms with van der Waals surface area (Å²) in [5.41, 5.74) is 7.96. The van der Waals surface area contributed by atoms with Gasteiger partial charge in [-0.15, -0.1) is 0 Å². The second-order valence-electron chi connectivity index (χ2n) is 4.35. The van der Waals surface area contributed by atoms with Crippen molar-refractivity contribution in [3.8, 4) is 0 Å². The number of rotatable bonds is 3. The smallest absolute Gasteiger partial charge is 0.169 e. The zero-order chi connectivity index (χ0) is 12.7. The van der Waals surface area contributed by atoms with Gasteiger partial charge in [0.1, 0.15) is 12.7 Å². The molecule has 7 nitrogen and oxygen atoms in total. The van der Waals surface area contributed by atoms with Crippen LogP contribution < -0.4 is 5.73 Å². The van der Waals surface area contributed by atoms with Gasteiger partial charge in [-0.2, -0.15) is 0 Å². The van der Waals surface area contributed by atoms with Crippen molar-refractivity contribution in [2.24, 2.45) is 5.92 Å². The molecule has 0 spiro atoms. The molecule has 94 valence electrons. The second-order valence-corrected chi connectivity index (χ2v) is 4.35. The molecule has 4 N–H and O–H groups in total. The number of aliphatic hydroxyl groups excluding tert-OH is 2. The van der Waals surface area contributed by atoms with E-state index in [0.717, 1.165) is 12.0 Å². The number of imidazole rings is 1. The molecule has 1 saturated carbocycles. The first-order chi connectivity index (χ1) is 8.70. The lowest BCUT2D eigenvalue weighted by Gasteiger charge is -2.01. The van der Waals surface area contributed by atoms with Gasteiger partial charge in [0.05, 0.1) is 12.7 Å². The lowest BCUT2D eigenvalue weighted by atomic mass is 10.2. The minimum Gasteiger partial charge on any atom is -0.394 e. The minimum absolute atomic E-state index is 0.0339. The van der Waals surface area contributed by atoms with Crippen LogP contribution in [-0.2, 0) is 0 Å². The molecule has 1 aliphatic rings. The summed E-state index contributed by atoms with van der Waals surface area (Å²) in [5, 5.41) is 18.4. The number of hydrogen-bond donors (Lipinski definition) is 3. The van der Waals surface area contributed by atoms with Crippen LogP contribution in [0.4, 0.5) is 5.82 Å². The Bertz CT molecular complexity index is 621. The molecule has 2 heterocycles. The first kappa shape index (κ1) is 11.1. The van der Waals surface area contributed by atoms with Crippen LogP contribution in [0.25, 0.3) is 17.4 Å². The van der Waals surface area contributed by atoms with Crippen molar-refractivity contribution in [1.82, 2.24) is 19.5 Å². The number of nitrogen functional groups attached to an aromatic ring is 1. The summed E-state index contributed by atoms with van der Waals surface area (Å²) in [6, 6.07) is 0. The maximum atomic E-state index is 9.49. The molecule has 1 aliphatic carbocycles. The van der Waals surface area contributed by atoms with E-state index in [1.165, 1.54) is 6.33 Å². The summed E-state index contributed by atoms with van der Waals surface area (Å²) in [4.78, 5) is 12.1. The van der Waals surface area contributed by atoms with Crippen molar-refractivity contribution in [3.63, 3.8) is 0 Å². The summed E-state index contributed by atoms with van der Waals surface area (Å²) in [6.45, 7) is -0.220. The Hall–Kier alpha value is -1.99. The molecule has 18 heavy (non-hydrogen) atoms. The van der Waals surface area contributed by atoms with Crippen molar-refractivity contribution >= 4 is 23.2 Å². The Morgan fingerprint density at radius 3 is 3.11 bits per heavy atom. The molecule has 0 unspecified atom stereocenters. The van der Waals surface area contributed by atoms with E-state index in [2.05, 4.69) is 15.0 Å². The van der Waals surface area contributed by atoms with Crippen LogP contribution in [0.3, 0.4) is 0 Å². The van der Waals surface area contributed by atoms with Crippen LogP contribution in [0, 0.1) is 5.92 Å². The highest BCUT2D eigenvalue weighted by Gasteiger charge is 2.36. The van der Waals surface area contributed by atoms with E-state index >= 15 is 0 Å². The molecule has 0 amide bonds. The summed E-state index contributed by atoms with van der Waals surface area (Å²) >= 11 is 0. The third-order valence-corrected chi connectivity index (χ3v) is 3.12. The maximum absolute atomic E-state index is 9.49. The van der Waals surface area contributed by atoms with E-state index in [1.807, 2.05) is 6.20 Å². The summed E-state index contributed by atoms with van der Waals surface area (Å²) in [6.07, 6.45) is 4.96. The predicted molar refractivity (Wildman–Crippen MR) is 65.2 cm³/mol. The Labute approximate surface area is 103 Å². The van der Waals surface area contributed by atoms with Gasteiger partial charge in [0.2, 0.25) is 0 Å². The van der Waals surface area contributed by atoms with Crippen LogP contribution in [0.2, 0.25) is 0 Å². The van der Waals surface area contributed by atoms with Crippen molar-refractivity contribution in [3.05, 3.63) is 18.2 Å². The molecular formula is C11H13N5O2. The molecule has 0 saturated heterocycles. The third kappa shape index (κ3) is 1.73. The summed E-state index contributed by atoms with van der Waals surface area (Å²) < 4.78 is 1.76. The number of aromatic nitrogens is 4. The van der Waals surface area contributed by atoms with E-state index in [0.29, 0.717) is 17.0 Å².